The highest BCUT2D eigenvalue weighted by molar-refractivity contribution is 5.59. The van der Waals surface area contributed by atoms with E-state index in [-0.39, 0.29) is 29.3 Å². The largest absolute Gasteiger partial charge is 0.451 e. The maximum atomic E-state index is 13.8. The summed E-state index contributed by atoms with van der Waals surface area (Å²) >= 11 is 0. The Morgan fingerprint density at radius 3 is 1.86 bits per heavy atom. The van der Waals surface area contributed by atoms with Crippen LogP contribution in [-0.2, 0) is 6.18 Å². The van der Waals surface area contributed by atoms with Gasteiger partial charge in [0.1, 0.15) is 29.7 Å². The van der Waals surface area contributed by atoms with Gasteiger partial charge < -0.3 is 10.1 Å². The van der Waals surface area contributed by atoms with Gasteiger partial charge in [0.2, 0.25) is 0 Å². The van der Waals surface area contributed by atoms with Crippen molar-refractivity contribution in [3.05, 3.63) is 64.9 Å². The summed E-state index contributed by atoms with van der Waals surface area (Å²) in [7, 11) is 0. The molecule has 140 valence electrons. The number of alkyl halides is 3. The molecule has 2 rings (SSSR count). The number of benzene rings is 2. The van der Waals surface area contributed by atoms with Crippen molar-refractivity contribution in [1.82, 2.24) is 0 Å². The molecule has 28 heavy (non-hydrogen) atoms. The van der Waals surface area contributed by atoms with E-state index in [1.165, 1.54) is 24.3 Å². The van der Waals surface area contributed by atoms with E-state index in [0.717, 1.165) is 0 Å². The van der Waals surface area contributed by atoms with Gasteiger partial charge in [-0.3, -0.25) is 0 Å². The lowest BCUT2D eigenvalue weighted by molar-refractivity contribution is -0.138. The van der Waals surface area contributed by atoms with Gasteiger partial charge in [-0.25, -0.2) is 8.78 Å². The molecule has 0 aliphatic carbocycles. The van der Waals surface area contributed by atoms with Crippen LogP contribution in [0.4, 0.5) is 27.6 Å². The Hall–Kier alpha value is -4.10. The molecular weight excluding hydrogens is 383 g/mol. The number of nitriles is 3. The van der Waals surface area contributed by atoms with Gasteiger partial charge in [-0.15, -0.1) is 0 Å². The third kappa shape index (κ3) is 4.54. The fraction of sp³-hybridized carbons (Fsp3) is 0.0556. The first kappa shape index (κ1) is 20.2. The molecule has 0 atom stereocenters. The Morgan fingerprint density at radius 1 is 0.893 bits per heavy atom. The molecule has 0 bridgehead atoms. The topological polar surface area (TPSA) is 92.6 Å². The summed E-state index contributed by atoms with van der Waals surface area (Å²) in [6.07, 6.45) is -4.91. The monoisotopic (exact) mass is 390 g/mol. The van der Waals surface area contributed by atoms with Crippen molar-refractivity contribution in [1.29, 1.82) is 15.8 Å². The Labute approximate surface area is 155 Å². The minimum atomic E-state index is -4.91. The Bertz CT molecular complexity index is 1010. The standard InChI is InChI=1S/C18H7F5N4O/c19-14-5-11(18(21,22)23)6-15(20)17(14)28-13-3-1-12(2-4-13)27-16(9-26)10(7-24)8-25/h1-6,27H. The SMILES string of the molecule is N#CC(C#N)=C(C#N)Nc1ccc(Oc2c(F)cc(C(F)(F)F)cc2F)cc1. The highest BCUT2D eigenvalue weighted by Gasteiger charge is 2.33. The van der Waals surface area contributed by atoms with Crippen LogP contribution in [0.25, 0.3) is 0 Å². The summed E-state index contributed by atoms with van der Waals surface area (Å²) in [4.78, 5) is 0. The Kier molecular flexibility index (Phi) is 5.82. The van der Waals surface area contributed by atoms with Crippen LogP contribution in [0.5, 0.6) is 11.5 Å². The number of hydrogen-bond donors (Lipinski definition) is 1. The lowest BCUT2D eigenvalue weighted by atomic mass is 10.2. The van der Waals surface area contributed by atoms with Crippen molar-refractivity contribution in [3.8, 4) is 29.7 Å². The summed E-state index contributed by atoms with van der Waals surface area (Å²) in [6.45, 7) is 0. The summed E-state index contributed by atoms with van der Waals surface area (Å²) in [5, 5.41) is 29.0. The second-order valence-corrected chi connectivity index (χ2v) is 5.10. The highest BCUT2D eigenvalue weighted by Crippen LogP contribution is 2.35. The molecule has 0 amide bonds. The van der Waals surface area contributed by atoms with E-state index in [9.17, 15) is 22.0 Å². The van der Waals surface area contributed by atoms with Crippen LogP contribution in [0.2, 0.25) is 0 Å². The van der Waals surface area contributed by atoms with Crippen molar-refractivity contribution in [2.45, 2.75) is 6.18 Å². The van der Waals surface area contributed by atoms with Gasteiger partial charge in [0.15, 0.2) is 23.0 Å². The Balaban J connectivity index is 2.25. The van der Waals surface area contributed by atoms with Crippen LogP contribution < -0.4 is 10.1 Å². The maximum absolute atomic E-state index is 13.8. The molecule has 0 spiro atoms. The minimum Gasteiger partial charge on any atom is -0.451 e. The number of nitrogens with one attached hydrogen (secondary N) is 1. The first-order valence-corrected chi connectivity index (χ1v) is 7.25. The van der Waals surface area contributed by atoms with Crippen molar-refractivity contribution in [2.24, 2.45) is 0 Å². The van der Waals surface area contributed by atoms with Crippen LogP contribution in [0.1, 0.15) is 5.56 Å². The van der Waals surface area contributed by atoms with Gasteiger partial charge in [0, 0.05) is 5.69 Å². The van der Waals surface area contributed by atoms with Crippen molar-refractivity contribution in [3.63, 3.8) is 0 Å². The third-order valence-corrected chi connectivity index (χ3v) is 3.25. The molecule has 0 radical (unpaired) electrons. The number of ether oxygens (including phenoxy) is 1. The number of hydrogen-bond acceptors (Lipinski definition) is 5. The molecule has 0 aromatic heterocycles. The first-order chi connectivity index (χ1) is 13.2. The molecule has 2 aromatic carbocycles. The fourth-order valence-electron chi connectivity index (χ4n) is 1.97. The van der Waals surface area contributed by atoms with Gasteiger partial charge in [-0.1, -0.05) is 0 Å². The first-order valence-electron chi connectivity index (χ1n) is 7.25. The predicted molar refractivity (Wildman–Crippen MR) is 85.4 cm³/mol. The van der Waals surface area contributed by atoms with Gasteiger partial charge >= 0.3 is 6.18 Å². The molecular formula is C18H7F5N4O. The summed E-state index contributed by atoms with van der Waals surface area (Å²) in [6, 6.07) is 9.99. The van der Waals surface area contributed by atoms with Crippen molar-refractivity contribution >= 4 is 5.69 Å². The number of nitrogens with zero attached hydrogens (tertiary/aromatic N) is 3. The summed E-state index contributed by atoms with van der Waals surface area (Å²) in [5.74, 6) is -4.18. The van der Waals surface area contributed by atoms with Gasteiger partial charge in [-0.05, 0) is 36.4 Å². The lowest BCUT2D eigenvalue weighted by Gasteiger charge is -2.12. The predicted octanol–water partition coefficient (Wildman–Crippen LogP) is 5.01. The number of allylic oxidation sites excluding steroid dienone is 2. The van der Waals surface area contributed by atoms with Crippen molar-refractivity contribution in [2.75, 3.05) is 5.32 Å². The number of rotatable bonds is 4. The Morgan fingerprint density at radius 2 is 1.43 bits per heavy atom. The average Bonchev–Trinajstić information content (AvgIpc) is 2.65. The second kappa shape index (κ2) is 8.07. The molecule has 0 aliphatic rings. The summed E-state index contributed by atoms with van der Waals surface area (Å²) in [5.41, 5.74) is -1.99. The highest BCUT2D eigenvalue weighted by atomic mass is 19.4. The molecule has 2 aromatic rings. The number of halogens is 5. The zero-order valence-electron chi connectivity index (χ0n) is 13.6. The van der Waals surface area contributed by atoms with Gasteiger partial charge in [-0.2, -0.15) is 29.0 Å². The van der Waals surface area contributed by atoms with E-state index >= 15 is 0 Å². The zero-order valence-corrected chi connectivity index (χ0v) is 13.6. The molecule has 10 heteroatoms. The van der Waals surface area contributed by atoms with Crippen LogP contribution in [0.15, 0.2) is 47.7 Å². The van der Waals surface area contributed by atoms with E-state index in [2.05, 4.69) is 5.32 Å². The maximum Gasteiger partial charge on any atom is 0.416 e. The molecule has 0 unspecified atom stereocenters. The van der Waals surface area contributed by atoms with Crippen molar-refractivity contribution < 1.29 is 26.7 Å². The zero-order chi connectivity index (χ0) is 20.9. The molecule has 0 heterocycles. The average molecular weight is 390 g/mol. The summed E-state index contributed by atoms with van der Waals surface area (Å²) < 4.78 is 70.2. The van der Waals surface area contributed by atoms with E-state index in [4.69, 9.17) is 20.5 Å². The van der Waals surface area contributed by atoms with Gasteiger partial charge in [0.25, 0.3) is 0 Å². The van der Waals surface area contributed by atoms with Crippen LogP contribution in [0, 0.1) is 45.6 Å². The van der Waals surface area contributed by atoms with E-state index in [0.29, 0.717) is 0 Å². The molecule has 0 saturated heterocycles. The van der Waals surface area contributed by atoms with E-state index in [1.807, 2.05) is 0 Å². The van der Waals surface area contributed by atoms with Gasteiger partial charge in [0.05, 0.1) is 5.56 Å². The molecule has 0 saturated carbocycles. The third-order valence-electron chi connectivity index (χ3n) is 3.25. The van der Waals surface area contributed by atoms with E-state index in [1.54, 1.807) is 18.2 Å². The number of anilines is 1. The molecule has 0 fully saturated rings. The fourth-order valence-corrected chi connectivity index (χ4v) is 1.97. The second-order valence-electron chi connectivity index (χ2n) is 5.10. The lowest BCUT2D eigenvalue weighted by Crippen LogP contribution is -2.07. The van der Waals surface area contributed by atoms with Crippen LogP contribution in [0.3, 0.4) is 0 Å². The van der Waals surface area contributed by atoms with Crippen LogP contribution >= 0.6 is 0 Å². The quantitative estimate of drug-likeness (QED) is 0.585. The van der Waals surface area contributed by atoms with E-state index < -0.39 is 34.7 Å². The molecule has 0 aliphatic heterocycles. The van der Waals surface area contributed by atoms with Crippen LogP contribution in [-0.4, -0.2) is 0 Å². The minimum absolute atomic E-state index is 0.105. The molecule has 5 nitrogen and oxygen atoms in total. The normalized spacial score (nSPS) is 10.2. The molecule has 1 N–H and O–H groups in total. The smallest absolute Gasteiger partial charge is 0.416 e.